The van der Waals surface area contributed by atoms with Gasteiger partial charge in [0.2, 0.25) is 0 Å². The second-order valence-electron chi connectivity index (χ2n) is 4.89. The highest BCUT2D eigenvalue weighted by Crippen LogP contribution is 2.31. The first kappa shape index (κ1) is 15.6. The van der Waals surface area contributed by atoms with E-state index in [0.29, 0.717) is 5.69 Å². The molecule has 0 amide bonds. The summed E-state index contributed by atoms with van der Waals surface area (Å²) in [5.41, 5.74) is -0.222. The first-order valence-corrected chi connectivity index (χ1v) is 7.39. The summed E-state index contributed by atoms with van der Waals surface area (Å²) < 4.78 is 40.5. The van der Waals surface area contributed by atoms with Crippen molar-refractivity contribution in [2.45, 2.75) is 6.18 Å². The lowest BCUT2D eigenvalue weighted by Gasteiger charge is -2.07. The first-order valence-electron chi connectivity index (χ1n) is 6.60. The first-order chi connectivity index (χ1) is 10.9. The number of nitrogens with zero attached hydrogens (tertiary/aromatic N) is 1. The van der Waals surface area contributed by atoms with Gasteiger partial charge in [-0.15, -0.1) is 0 Å². The molecular formula is C16H10BrF3N2O. The number of benzene rings is 2. The molecule has 1 aromatic heterocycles. The van der Waals surface area contributed by atoms with Crippen LogP contribution in [-0.4, -0.2) is 9.78 Å². The van der Waals surface area contributed by atoms with E-state index in [4.69, 9.17) is 0 Å². The molecule has 0 aliphatic carbocycles. The van der Waals surface area contributed by atoms with Crippen LogP contribution in [0.4, 0.5) is 13.2 Å². The topological polar surface area (TPSA) is 37.8 Å². The molecule has 0 unspecified atom stereocenters. The van der Waals surface area contributed by atoms with Crippen molar-refractivity contribution in [3.8, 4) is 16.8 Å². The van der Waals surface area contributed by atoms with E-state index in [9.17, 15) is 18.0 Å². The van der Waals surface area contributed by atoms with Crippen molar-refractivity contribution < 1.29 is 13.2 Å². The number of hydrogen-bond donors (Lipinski definition) is 1. The molecule has 118 valence electrons. The molecule has 3 nitrogen and oxygen atoms in total. The minimum absolute atomic E-state index is 0.177. The Balaban J connectivity index is 2.08. The maximum Gasteiger partial charge on any atom is 0.416 e. The molecule has 23 heavy (non-hydrogen) atoms. The summed E-state index contributed by atoms with van der Waals surface area (Å²) in [4.78, 5) is 12.5. The van der Waals surface area contributed by atoms with Gasteiger partial charge in [-0.2, -0.15) is 13.2 Å². The van der Waals surface area contributed by atoms with Gasteiger partial charge < -0.3 is 0 Å². The van der Waals surface area contributed by atoms with Crippen LogP contribution in [0.25, 0.3) is 16.8 Å². The van der Waals surface area contributed by atoms with E-state index < -0.39 is 17.3 Å². The minimum Gasteiger partial charge on any atom is -0.298 e. The highest BCUT2D eigenvalue weighted by atomic mass is 79.9. The van der Waals surface area contributed by atoms with Gasteiger partial charge in [0.1, 0.15) is 0 Å². The van der Waals surface area contributed by atoms with E-state index >= 15 is 0 Å². The average molecular weight is 383 g/mol. The van der Waals surface area contributed by atoms with Crippen molar-refractivity contribution in [1.29, 1.82) is 0 Å². The number of H-pyrrole nitrogens is 1. The van der Waals surface area contributed by atoms with Crippen LogP contribution in [-0.2, 0) is 6.18 Å². The van der Waals surface area contributed by atoms with Crippen LogP contribution in [0, 0.1) is 0 Å². The van der Waals surface area contributed by atoms with Gasteiger partial charge in [-0.05, 0) is 35.9 Å². The standard InChI is InChI=1S/C16H10BrF3N2O/c17-12-5-2-6-13(8-12)22-15(23)14(9-21-22)10-3-1-4-11(7-10)16(18,19)20/h1-9,21H. The normalized spacial score (nSPS) is 11.7. The number of rotatable bonds is 2. The fourth-order valence-electron chi connectivity index (χ4n) is 2.25. The van der Waals surface area contributed by atoms with Gasteiger partial charge in [-0.1, -0.05) is 34.1 Å². The lowest BCUT2D eigenvalue weighted by atomic mass is 10.1. The highest BCUT2D eigenvalue weighted by molar-refractivity contribution is 9.10. The molecule has 7 heteroatoms. The number of nitrogens with one attached hydrogen (secondary N) is 1. The summed E-state index contributed by atoms with van der Waals surface area (Å²) in [7, 11) is 0. The zero-order valence-electron chi connectivity index (χ0n) is 11.6. The Morgan fingerprint density at radius 2 is 1.78 bits per heavy atom. The lowest BCUT2D eigenvalue weighted by Crippen LogP contribution is -2.15. The van der Waals surface area contributed by atoms with Crippen LogP contribution in [0.5, 0.6) is 0 Å². The Labute approximate surface area is 137 Å². The molecule has 1 N–H and O–H groups in total. The van der Waals surface area contributed by atoms with E-state index in [1.807, 2.05) is 6.07 Å². The van der Waals surface area contributed by atoms with E-state index in [2.05, 4.69) is 21.0 Å². The van der Waals surface area contributed by atoms with Crippen LogP contribution in [0.2, 0.25) is 0 Å². The molecule has 0 fully saturated rings. The Kier molecular flexibility index (Phi) is 3.89. The van der Waals surface area contributed by atoms with E-state index in [-0.39, 0.29) is 11.1 Å². The average Bonchev–Trinajstić information content (AvgIpc) is 2.88. The number of halogens is 4. The maximum absolute atomic E-state index is 12.8. The summed E-state index contributed by atoms with van der Waals surface area (Å²) >= 11 is 3.31. The third-order valence-corrected chi connectivity index (χ3v) is 3.83. The van der Waals surface area contributed by atoms with Gasteiger partial charge in [0.05, 0.1) is 16.8 Å². The zero-order chi connectivity index (χ0) is 16.6. The van der Waals surface area contributed by atoms with Gasteiger partial charge in [-0.25, -0.2) is 4.68 Å². The molecule has 3 aromatic rings. The monoisotopic (exact) mass is 382 g/mol. The molecule has 0 aliphatic heterocycles. The number of alkyl halides is 3. The fraction of sp³-hybridized carbons (Fsp3) is 0.0625. The molecule has 1 heterocycles. The Hall–Kier alpha value is -2.28. The lowest BCUT2D eigenvalue weighted by molar-refractivity contribution is -0.137. The molecule has 3 rings (SSSR count). The van der Waals surface area contributed by atoms with Crippen LogP contribution in [0.15, 0.2) is 64.0 Å². The zero-order valence-corrected chi connectivity index (χ0v) is 13.1. The summed E-state index contributed by atoms with van der Waals surface area (Å²) in [6.45, 7) is 0. The Bertz CT molecular complexity index is 912. The summed E-state index contributed by atoms with van der Waals surface area (Å²) in [6, 6.07) is 11.7. The second-order valence-corrected chi connectivity index (χ2v) is 5.80. The second kappa shape index (κ2) is 5.73. The number of aromatic amines is 1. The summed E-state index contributed by atoms with van der Waals surface area (Å²) in [6.07, 6.45) is -3.05. The van der Waals surface area contributed by atoms with Crippen LogP contribution < -0.4 is 5.56 Å². The summed E-state index contributed by atoms with van der Waals surface area (Å²) in [5.74, 6) is 0. The van der Waals surface area contributed by atoms with Crippen molar-refractivity contribution in [3.05, 3.63) is 75.1 Å². The van der Waals surface area contributed by atoms with Crippen LogP contribution in [0.1, 0.15) is 5.56 Å². The SMILES string of the molecule is O=c1c(-c2cccc(C(F)(F)F)c2)c[nH]n1-c1cccc(Br)c1. The smallest absolute Gasteiger partial charge is 0.298 e. The van der Waals surface area contributed by atoms with E-state index in [1.165, 1.54) is 23.0 Å². The van der Waals surface area contributed by atoms with Crippen molar-refractivity contribution >= 4 is 15.9 Å². The molecule has 0 bridgehead atoms. The van der Waals surface area contributed by atoms with E-state index in [1.54, 1.807) is 18.2 Å². The largest absolute Gasteiger partial charge is 0.416 e. The predicted octanol–water partition coefficient (Wildman–Crippen LogP) is 4.61. The molecule has 2 aromatic carbocycles. The number of hydrogen-bond acceptors (Lipinski definition) is 1. The Morgan fingerprint density at radius 1 is 1.04 bits per heavy atom. The third kappa shape index (κ3) is 3.10. The molecule has 0 atom stereocenters. The molecular weight excluding hydrogens is 373 g/mol. The highest BCUT2D eigenvalue weighted by Gasteiger charge is 2.30. The van der Waals surface area contributed by atoms with Crippen molar-refractivity contribution in [2.75, 3.05) is 0 Å². The van der Waals surface area contributed by atoms with Gasteiger partial charge in [0.15, 0.2) is 0 Å². The maximum atomic E-state index is 12.8. The van der Waals surface area contributed by atoms with Gasteiger partial charge in [0.25, 0.3) is 5.56 Å². The van der Waals surface area contributed by atoms with Crippen molar-refractivity contribution in [3.63, 3.8) is 0 Å². The van der Waals surface area contributed by atoms with Gasteiger partial charge >= 0.3 is 6.18 Å². The van der Waals surface area contributed by atoms with Gasteiger partial charge in [0, 0.05) is 10.7 Å². The third-order valence-electron chi connectivity index (χ3n) is 3.34. The molecule has 0 radical (unpaired) electrons. The molecule has 0 spiro atoms. The van der Waals surface area contributed by atoms with Crippen molar-refractivity contribution in [2.24, 2.45) is 0 Å². The fourth-order valence-corrected chi connectivity index (χ4v) is 2.63. The van der Waals surface area contributed by atoms with Gasteiger partial charge in [-0.3, -0.25) is 9.89 Å². The quantitative estimate of drug-likeness (QED) is 0.690. The summed E-state index contributed by atoms with van der Waals surface area (Å²) in [5, 5.41) is 2.78. The molecule has 0 saturated heterocycles. The minimum atomic E-state index is -4.45. The van der Waals surface area contributed by atoms with Crippen LogP contribution in [0.3, 0.4) is 0 Å². The predicted molar refractivity (Wildman–Crippen MR) is 84.5 cm³/mol. The number of aromatic nitrogens is 2. The molecule has 0 aliphatic rings. The van der Waals surface area contributed by atoms with Crippen LogP contribution >= 0.6 is 15.9 Å². The van der Waals surface area contributed by atoms with E-state index in [0.717, 1.165) is 16.6 Å². The molecule has 0 saturated carbocycles. The Morgan fingerprint density at radius 3 is 2.48 bits per heavy atom. The van der Waals surface area contributed by atoms with Crippen molar-refractivity contribution in [1.82, 2.24) is 9.78 Å².